The van der Waals surface area contributed by atoms with Crippen molar-refractivity contribution in [3.05, 3.63) is 59.9 Å². The van der Waals surface area contributed by atoms with Gasteiger partial charge < -0.3 is 14.6 Å². The monoisotopic (exact) mass is 377 g/mol. The first-order chi connectivity index (χ1) is 12.8. The molecule has 0 atom stereocenters. The normalized spacial score (nSPS) is 11.3. The number of halogens is 3. The van der Waals surface area contributed by atoms with Gasteiger partial charge in [0.05, 0.1) is 16.8 Å². The number of nitrogens with zero attached hydrogens (tertiary/aromatic N) is 2. The van der Waals surface area contributed by atoms with Crippen LogP contribution in [0.3, 0.4) is 0 Å². The van der Waals surface area contributed by atoms with Gasteiger partial charge in [-0.05, 0) is 31.2 Å². The van der Waals surface area contributed by atoms with E-state index in [1.165, 1.54) is 18.2 Å². The molecule has 1 heterocycles. The summed E-state index contributed by atoms with van der Waals surface area (Å²) in [5, 5.41) is 5.91. The molecule has 0 aliphatic carbocycles. The standard InChI is InChI=1S/C18H14F3N3O3/c1-11-22-17(27-24-11)12-6-2-5-9-15(12)26-10-16(25)23-14-8-4-3-7-13(14)18(19,20)21/h2-9H,10H2,1H3,(H,23,25). The number of hydrogen-bond donors (Lipinski definition) is 1. The van der Waals surface area contributed by atoms with E-state index in [4.69, 9.17) is 9.26 Å². The second kappa shape index (κ2) is 7.48. The van der Waals surface area contributed by atoms with Crippen LogP contribution >= 0.6 is 0 Å². The van der Waals surface area contributed by atoms with Crippen molar-refractivity contribution < 1.29 is 27.2 Å². The van der Waals surface area contributed by atoms with Gasteiger partial charge in [0.15, 0.2) is 12.4 Å². The van der Waals surface area contributed by atoms with Gasteiger partial charge in [-0.2, -0.15) is 18.2 Å². The lowest BCUT2D eigenvalue weighted by Gasteiger charge is -2.14. The van der Waals surface area contributed by atoms with E-state index in [0.717, 1.165) is 6.07 Å². The van der Waals surface area contributed by atoms with Gasteiger partial charge >= 0.3 is 6.18 Å². The summed E-state index contributed by atoms with van der Waals surface area (Å²) in [6, 6.07) is 11.4. The topological polar surface area (TPSA) is 77.2 Å². The molecule has 3 aromatic rings. The quantitative estimate of drug-likeness (QED) is 0.725. The third-order valence-corrected chi connectivity index (χ3v) is 3.51. The summed E-state index contributed by atoms with van der Waals surface area (Å²) in [6.07, 6.45) is -4.58. The molecule has 0 fully saturated rings. The van der Waals surface area contributed by atoms with Crippen LogP contribution in [0.1, 0.15) is 11.4 Å². The number of anilines is 1. The first kappa shape index (κ1) is 18.4. The van der Waals surface area contributed by atoms with Crippen LogP contribution in [0.5, 0.6) is 5.75 Å². The Morgan fingerprint density at radius 3 is 2.56 bits per heavy atom. The Balaban J connectivity index is 1.71. The Kier molecular flexibility index (Phi) is 5.11. The predicted molar refractivity (Wildman–Crippen MR) is 90.0 cm³/mol. The van der Waals surface area contributed by atoms with Crippen molar-refractivity contribution in [1.82, 2.24) is 10.1 Å². The lowest BCUT2D eigenvalue weighted by molar-refractivity contribution is -0.137. The van der Waals surface area contributed by atoms with E-state index in [-0.39, 0.29) is 11.6 Å². The third kappa shape index (κ3) is 4.43. The average molecular weight is 377 g/mol. The highest BCUT2D eigenvalue weighted by atomic mass is 19.4. The van der Waals surface area contributed by atoms with Gasteiger partial charge in [-0.15, -0.1) is 0 Å². The number of nitrogens with one attached hydrogen (secondary N) is 1. The van der Waals surface area contributed by atoms with Gasteiger partial charge in [-0.25, -0.2) is 0 Å². The van der Waals surface area contributed by atoms with Gasteiger partial charge in [0.2, 0.25) is 0 Å². The van der Waals surface area contributed by atoms with Crippen molar-refractivity contribution in [2.75, 3.05) is 11.9 Å². The van der Waals surface area contributed by atoms with Crippen LogP contribution < -0.4 is 10.1 Å². The molecule has 27 heavy (non-hydrogen) atoms. The molecule has 6 nitrogen and oxygen atoms in total. The highest BCUT2D eigenvalue weighted by Crippen LogP contribution is 2.34. The van der Waals surface area contributed by atoms with Crippen molar-refractivity contribution in [3.63, 3.8) is 0 Å². The van der Waals surface area contributed by atoms with Gasteiger partial charge in [0.1, 0.15) is 5.75 Å². The van der Waals surface area contributed by atoms with Crippen molar-refractivity contribution >= 4 is 11.6 Å². The SMILES string of the molecule is Cc1noc(-c2ccccc2OCC(=O)Nc2ccccc2C(F)(F)F)n1. The van der Waals surface area contributed by atoms with Crippen molar-refractivity contribution in [3.8, 4) is 17.2 Å². The fourth-order valence-electron chi connectivity index (χ4n) is 2.34. The van der Waals surface area contributed by atoms with Gasteiger partial charge in [0.25, 0.3) is 11.8 Å². The zero-order chi connectivity index (χ0) is 19.4. The Bertz CT molecular complexity index is 954. The van der Waals surface area contributed by atoms with Crippen LogP contribution in [-0.4, -0.2) is 22.7 Å². The minimum atomic E-state index is -4.58. The summed E-state index contributed by atoms with van der Waals surface area (Å²) in [7, 11) is 0. The van der Waals surface area contributed by atoms with Crippen LogP contribution in [0.4, 0.5) is 18.9 Å². The van der Waals surface area contributed by atoms with Crippen LogP contribution in [0.2, 0.25) is 0 Å². The number of para-hydroxylation sites is 2. The molecule has 140 valence electrons. The Morgan fingerprint density at radius 2 is 1.85 bits per heavy atom. The lowest BCUT2D eigenvalue weighted by atomic mass is 10.1. The smallest absolute Gasteiger partial charge is 0.418 e. The van der Waals surface area contributed by atoms with E-state index in [1.54, 1.807) is 31.2 Å². The zero-order valence-corrected chi connectivity index (χ0v) is 14.1. The van der Waals surface area contributed by atoms with E-state index in [9.17, 15) is 18.0 Å². The van der Waals surface area contributed by atoms with Crippen LogP contribution in [0, 0.1) is 6.92 Å². The first-order valence-corrected chi connectivity index (χ1v) is 7.83. The molecule has 0 aliphatic heterocycles. The fraction of sp³-hybridized carbons (Fsp3) is 0.167. The van der Waals surface area contributed by atoms with E-state index in [1.807, 2.05) is 0 Å². The maximum Gasteiger partial charge on any atom is 0.418 e. The van der Waals surface area contributed by atoms with Crippen LogP contribution in [0.15, 0.2) is 53.1 Å². The predicted octanol–water partition coefficient (Wildman–Crippen LogP) is 4.08. The molecule has 0 bridgehead atoms. The molecule has 9 heteroatoms. The highest BCUT2D eigenvalue weighted by molar-refractivity contribution is 5.92. The lowest BCUT2D eigenvalue weighted by Crippen LogP contribution is -2.22. The molecule has 0 saturated heterocycles. The number of benzene rings is 2. The van der Waals surface area contributed by atoms with Gasteiger partial charge in [0, 0.05) is 0 Å². The maximum absolute atomic E-state index is 13.0. The third-order valence-electron chi connectivity index (χ3n) is 3.51. The largest absolute Gasteiger partial charge is 0.483 e. The van der Waals surface area contributed by atoms with Gasteiger partial charge in [-0.3, -0.25) is 4.79 Å². The average Bonchev–Trinajstić information content (AvgIpc) is 3.06. The fourth-order valence-corrected chi connectivity index (χ4v) is 2.34. The summed E-state index contributed by atoms with van der Waals surface area (Å²) < 4.78 is 49.5. The molecular formula is C18H14F3N3O3. The molecule has 0 spiro atoms. The Labute approximate surface area is 152 Å². The summed E-state index contributed by atoms with van der Waals surface area (Å²) in [6.45, 7) is 1.17. The van der Waals surface area contributed by atoms with Crippen molar-refractivity contribution in [2.45, 2.75) is 13.1 Å². The van der Waals surface area contributed by atoms with Crippen LogP contribution in [0.25, 0.3) is 11.5 Å². The number of aromatic nitrogens is 2. The van der Waals surface area contributed by atoms with Crippen LogP contribution in [-0.2, 0) is 11.0 Å². The summed E-state index contributed by atoms with van der Waals surface area (Å²) >= 11 is 0. The molecule has 1 amide bonds. The zero-order valence-electron chi connectivity index (χ0n) is 14.1. The minimum Gasteiger partial charge on any atom is -0.483 e. The molecule has 1 N–H and O–H groups in total. The number of hydrogen-bond acceptors (Lipinski definition) is 5. The van der Waals surface area contributed by atoms with E-state index >= 15 is 0 Å². The molecule has 1 aromatic heterocycles. The van der Waals surface area contributed by atoms with Crippen molar-refractivity contribution in [1.29, 1.82) is 0 Å². The number of amides is 1. The summed E-state index contributed by atoms with van der Waals surface area (Å²) in [5.74, 6) is 0.204. The number of aryl methyl sites for hydroxylation is 1. The Hall–Kier alpha value is -3.36. The molecule has 0 saturated carbocycles. The second-order valence-corrected chi connectivity index (χ2v) is 5.52. The first-order valence-electron chi connectivity index (χ1n) is 7.83. The molecule has 0 unspecified atom stereocenters. The summed E-state index contributed by atoms with van der Waals surface area (Å²) in [4.78, 5) is 16.2. The maximum atomic E-state index is 13.0. The van der Waals surface area contributed by atoms with E-state index in [0.29, 0.717) is 17.1 Å². The summed E-state index contributed by atoms with van der Waals surface area (Å²) in [5.41, 5.74) is -0.791. The van der Waals surface area contributed by atoms with E-state index in [2.05, 4.69) is 15.5 Å². The highest BCUT2D eigenvalue weighted by Gasteiger charge is 2.33. The number of rotatable bonds is 5. The van der Waals surface area contributed by atoms with Crippen molar-refractivity contribution in [2.24, 2.45) is 0 Å². The Morgan fingerprint density at radius 1 is 1.15 bits per heavy atom. The second-order valence-electron chi connectivity index (χ2n) is 5.52. The molecule has 0 aliphatic rings. The number of ether oxygens (including phenoxy) is 1. The number of carbonyl (C=O) groups excluding carboxylic acids is 1. The molecule has 2 aromatic carbocycles. The minimum absolute atomic E-state index is 0.214. The van der Waals surface area contributed by atoms with Gasteiger partial charge in [-0.1, -0.05) is 29.4 Å². The molecular weight excluding hydrogens is 363 g/mol. The number of carbonyl (C=O) groups is 1. The molecule has 3 rings (SSSR count). The number of alkyl halides is 3. The molecule has 0 radical (unpaired) electrons. The van der Waals surface area contributed by atoms with E-state index < -0.39 is 24.3 Å².